The van der Waals surface area contributed by atoms with Crippen LogP contribution in [0, 0.1) is 6.92 Å². The van der Waals surface area contributed by atoms with Crippen LogP contribution in [0.2, 0.25) is 0 Å². The second kappa shape index (κ2) is 7.82. The number of piperidine rings is 1. The minimum absolute atomic E-state index is 0.104. The minimum Gasteiger partial charge on any atom is -0.508 e. The summed E-state index contributed by atoms with van der Waals surface area (Å²) < 4.78 is 1.75. The first-order chi connectivity index (χ1) is 13.5. The maximum atomic E-state index is 13.4. The van der Waals surface area contributed by atoms with Crippen LogP contribution in [0.4, 0.5) is 0 Å². The first kappa shape index (κ1) is 18.8. The highest BCUT2D eigenvalue weighted by molar-refractivity contribution is 5.95. The summed E-state index contributed by atoms with van der Waals surface area (Å²) in [5.74, 6) is 0.164. The Morgan fingerprint density at radius 1 is 1.11 bits per heavy atom. The number of hydrogen-bond acceptors (Lipinski definition) is 3. The van der Waals surface area contributed by atoms with Gasteiger partial charge in [-0.25, -0.2) is 0 Å². The molecule has 1 aliphatic carbocycles. The number of aromatic nitrogens is 1. The molecule has 1 atom stereocenters. The van der Waals surface area contributed by atoms with E-state index in [1.165, 1.54) is 0 Å². The van der Waals surface area contributed by atoms with Gasteiger partial charge in [0, 0.05) is 24.8 Å². The van der Waals surface area contributed by atoms with Gasteiger partial charge in [0.2, 0.25) is 0 Å². The van der Waals surface area contributed by atoms with Gasteiger partial charge in [0.25, 0.3) is 11.5 Å². The monoisotopic (exact) mass is 380 g/mol. The van der Waals surface area contributed by atoms with Crippen LogP contribution in [0.15, 0.2) is 41.3 Å². The van der Waals surface area contributed by atoms with E-state index in [1.54, 1.807) is 16.7 Å². The molecule has 5 nitrogen and oxygen atoms in total. The van der Waals surface area contributed by atoms with Gasteiger partial charge in [-0.15, -0.1) is 0 Å². The number of rotatable bonds is 5. The van der Waals surface area contributed by atoms with E-state index in [1.807, 2.05) is 36.2 Å². The third kappa shape index (κ3) is 3.84. The van der Waals surface area contributed by atoms with Gasteiger partial charge in [-0.05, 0) is 81.2 Å². The number of likely N-dealkylation sites (tertiary alicyclic amines) is 1. The fraction of sp³-hybridized carbons (Fsp3) is 0.478. The molecule has 0 radical (unpaired) electrons. The smallest absolute Gasteiger partial charge is 0.263 e. The van der Waals surface area contributed by atoms with Crippen molar-refractivity contribution in [2.24, 2.45) is 0 Å². The lowest BCUT2D eigenvalue weighted by Gasteiger charge is -2.36. The Labute approximate surface area is 165 Å². The third-order valence-electron chi connectivity index (χ3n) is 6.07. The lowest BCUT2D eigenvalue weighted by Crippen LogP contribution is -2.46. The van der Waals surface area contributed by atoms with Gasteiger partial charge in [-0.2, -0.15) is 0 Å². The van der Waals surface area contributed by atoms with E-state index in [0.717, 1.165) is 62.6 Å². The first-order valence-electron chi connectivity index (χ1n) is 10.3. The van der Waals surface area contributed by atoms with Crippen LogP contribution >= 0.6 is 0 Å². The molecule has 2 heterocycles. The van der Waals surface area contributed by atoms with E-state index in [4.69, 9.17) is 0 Å². The van der Waals surface area contributed by atoms with E-state index in [0.29, 0.717) is 5.56 Å². The highest BCUT2D eigenvalue weighted by atomic mass is 16.3. The van der Waals surface area contributed by atoms with Crippen molar-refractivity contribution >= 4 is 5.91 Å². The molecule has 1 saturated carbocycles. The van der Waals surface area contributed by atoms with Crippen LogP contribution in [-0.2, 0) is 6.42 Å². The van der Waals surface area contributed by atoms with Gasteiger partial charge < -0.3 is 14.6 Å². The van der Waals surface area contributed by atoms with E-state index in [-0.39, 0.29) is 29.3 Å². The van der Waals surface area contributed by atoms with Gasteiger partial charge in [-0.1, -0.05) is 12.1 Å². The number of pyridine rings is 1. The molecule has 28 heavy (non-hydrogen) atoms. The Bertz CT molecular complexity index is 912. The van der Waals surface area contributed by atoms with Crippen molar-refractivity contribution in [3.8, 4) is 5.75 Å². The number of nitrogens with zero attached hydrogens (tertiary/aromatic N) is 2. The number of aromatic hydroxyl groups is 1. The predicted molar refractivity (Wildman–Crippen MR) is 109 cm³/mol. The Kier molecular flexibility index (Phi) is 5.25. The molecule has 5 heteroatoms. The normalized spacial score (nSPS) is 19.6. The molecular formula is C23H28N2O3. The van der Waals surface area contributed by atoms with Crippen LogP contribution < -0.4 is 5.56 Å². The van der Waals surface area contributed by atoms with Gasteiger partial charge in [0.05, 0.1) is 0 Å². The zero-order chi connectivity index (χ0) is 19.7. The second-order valence-corrected chi connectivity index (χ2v) is 8.17. The number of aryl methyl sites for hydroxylation is 2. The minimum atomic E-state index is -0.129. The van der Waals surface area contributed by atoms with Crippen LogP contribution in [0.3, 0.4) is 0 Å². The van der Waals surface area contributed by atoms with E-state index in [9.17, 15) is 14.7 Å². The summed E-state index contributed by atoms with van der Waals surface area (Å²) >= 11 is 0. The summed E-state index contributed by atoms with van der Waals surface area (Å²) in [6, 6.07) is 9.59. The lowest BCUT2D eigenvalue weighted by atomic mass is 9.94. The van der Waals surface area contributed by atoms with E-state index < -0.39 is 0 Å². The maximum absolute atomic E-state index is 13.4. The van der Waals surface area contributed by atoms with Crippen molar-refractivity contribution in [1.29, 1.82) is 0 Å². The van der Waals surface area contributed by atoms with Gasteiger partial charge in [0.15, 0.2) is 0 Å². The molecule has 2 aliphatic rings. The van der Waals surface area contributed by atoms with Gasteiger partial charge in [-0.3, -0.25) is 9.59 Å². The van der Waals surface area contributed by atoms with Crippen molar-refractivity contribution in [1.82, 2.24) is 9.47 Å². The number of amides is 1. The summed E-state index contributed by atoms with van der Waals surface area (Å²) in [7, 11) is 0. The standard InChI is InChI=1S/C23H28N2O3/c1-16-13-15-25(19-9-10-19)23(28)21(16)22(27)24-14-3-2-4-18(24)8-5-17-6-11-20(26)12-7-17/h6-7,11-13,15,18-19,26H,2-5,8-10,14H2,1H3. The van der Waals surface area contributed by atoms with Crippen molar-refractivity contribution in [2.75, 3.05) is 6.54 Å². The van der Waals surface area contributed by atoms with Crippen LogP contribution in [0.5, 0.6) is 5.75 Å². The van der Waals surface area contributed by atoms with Gasteiger partial charge in [0.1, 0.15) is 11.3 Å². The van der Waals surface area contributed by atoms with Crippen molar-refractivity contribution in [3.63, 3.8) is 0 Å². The number of carbonyl (C=O) groups excluding carboxylic acids is 1. The van der Waals surface area contributed by atoms with Crippen molar-refractivity contribution in [3.05, 3.63) is 63.6 Å². The summed E-state index contributed by atoms with van der Waals surface area (Å²) in [6.07, 6.45) is 8.70. The highest BCUT2D eigenvalue weighted by Crippen LogP contribution is 2.33. The largest absolute Gasteiger partial charge is 0.508 e. The number of phenols is 1. The van der Waals surface area contributed by atoms with Crippen molar-refractivity contribution < 1.29 is 9.90 Å². The summed E-state index contributed by atoms with van der Waals surface area (Å²) in [5, 5.41) is 9.45. The average molecular weight is 380 g/mol. The number of phenolic OH excluding ortho intramolecular Hbond substituents is 1. The first-order valence-corrected chi connectivity index (χ1v) is 10.3. The van der Waals surface area contributed by atoms with Crippen LogP contribution in [0.25, 0.3) is 0 Å². The summed E-state index contributed by atoms with van der Waals surface area (Å²) in [4.78, 5) is 28.3. The predicted octanol–water partition coefficient (Wildman–Crippen LogP) is 3.82. The quantitative estimate of drug-likeness (QED) is 0.858. The number of benzene rings is 1. The Balaban J connectivity index is 1.54. The molecule has 1 aromatic heterocycles. The fourth-order valence-electron chi connectivity index (χ4n) is 4.25. The maximum Gasteiger partial charge on any atom is 0.263 e. The van der Waals surface area contributed by atoms with Crippen LogP contribution in [0.1, 0.15) is 66.1 Å². The van der Waals surface area contributed by atoms with Crippen LogP contribution in [-0.4, -0.2) is 33.1 Å². The van der Waals surface area contributed by atoms with E-state index >= 15 is 0 Å². The number of carbonyl (C=O) groups is 1. The molecule has 2 aromatic rings. The van der Waals surface area contributed by atoms with E-state index in [2.05, 4.69) is 0 Å². The fourth-order valence-corrected chi connectivity index (χ4v) is 4.25. The Hall–Kier alpha value is -2.56. The molecule has 148 valence electrons. The molecule has 1 unspecified atom stereocenters. The topological polar surface area (TPSA) is 62.5 Å². The molecule has 1 saturated heterocycles. The Morgan fingerprint density at radius 2 is 1.86 bits per heavy atom. The molecule has 1 N–H and O–H groups in total. The average Bonchev–Trinajstić information content (AvgIpc) is 3.53. The summed E-state index contributed by atoms with van der Waals surface area (Å²) in [6.45, 7) is 2.58. The second-order valence-electron chi connectivity index (χ2n) is 8.17. The van der Waals surface area contributed by atoms with Gasteiger partial charge >= 0.3 is 0 Å². The molecule has 1 amide bonds. The number of hydrogen-bond donors (Lipinski definition) is 1. The molecule has 2 fully saturated rings. The molecule has 1 aliphatic heterocycles. The SMILES string of the molecule is Cc1ccn(C2CC2)c(=O)c1C(=O)N1CCCCC1CCc1ccc(O)cc1. The molecule has 0 spiro atoms. The van der Waals surface area contributed by atoms with Crippen molar-refractivity contribution in [2.45, 2.75) is 64.0 Å². The zero-order valence-corrected chi connectivity index (χ0v) is 16.4. The Morgan fingerprint density at radius 3 is 2.57 bits per heavy atom. The zero-order valence-electron chi connectivity index (χ0n) is 16.4. The molecule has 0 bridgehead atoms. The highest BCUT2D eigenvalue weighted by Gasteiger charge is 2.32. The molecular weight excluding hydrogens is 352 g/mol. The lowest BCUT2D eigenvalue weighted by molar-refractivity contribution is 0.0598. The summed E-state index contributed by atoms with van der Waals surface area (Å²) in [5.41, 5.74) is 2.15. The molecule has 1 aromatic carbocycles. The third-order valence-corrected chi connectivity index (χ3v) is 6.07. The molecule has 4 rings (SSSR count).